The summed E-state index contributed by atoms with van der Waals surface area (Å²) in [4.78, 5) is 0. The third kappa shape index (κ3) is 737. The van der Waals surface area contributed by atoms with Crippen molar-refractivity contribution in [3.63, 3.8) is 0 Å². The van der Waals surface area contributed by atoms with Crippen LogP contribution in [0.3, 0.4) is 0 Å². The summed E-state index contributed by atoms with van der Waals surface area (Å²) in [6.07, 6.45) is 0. The maximum atomic E-state index is 8.74. The van der Waals surface area contributed by atoms with Crippen molar-refractivity contribution in [1.82, 2.24) is 0 Å². The molecule has 0 rings (SSSR count). The summed E-state index contributed by atoms with van der Waals surface area (Å²) in [6.45, 7) is 0. The summed E-state index contributed by atoms with van der Waals surface area (Å²) in [5, 5.41) is 0. The van der Waals surface area contributed by atoms with Gasteiger partial charge in [0.25, 0.3) is 11.4 Å². The summed E-state index contributed by atoms with van der Waals surface area (Å²) in [5.74, 6) is 0. The summed E-state index contributed by atoms with van der Waals surface area (Å²) < 4.78 is 54.4. The zero-order chi connectivity index (χ0) is 8.08. The van der Waals surface area contributed by atoms with E-state index in [1.807, 2.05) is 0 Å². The van der Waals surface area contributed by atoms with Gasteiger partial charge in [0.1, 0.15) is 0 Å². The van der Waals surface area contributed by atoms with Gasteiger partial charge in [0.15, 0.2) is 0 Å². The Bertz CT molecular complexity index is 154. The van der Waals surface area contributed by atoms with Crippen LogP contribution in [0.1, 0.15) is 0 Å². The molecule has 0 amide bonds. The zero-order valence-corrected chi connectivity index (χ0v) is 11.7. The third-order valence-corrected chi connectivity index (χ3v) is 0. The van der Waals surface area contributed by atoms with Gasteiger partial charge >= 0.3 is 37.7 Å². The van der Waals surface area contributed by atoms with Crippen LogP contribution in [0, 0.1) is 0 Å². The molecule has 10 heteroatoms. The predicted octanol–water partition coefficient (Wildman–Crippen LogP) is -1.89. The van der Waals surface area contributed by atoms with Gasteiger partial charge in [-0.25, -0.2) is 0 Å². The minimum absolute atomic E-state index is 0. The molecule has 0 spiro atoms. The average molecular weight is 389 g/mol. The fourth-order valence-corrected chi connectivity index (χ4v) is 0. The van der Waals surface area contributed by atoms with E-state index in [1.165, 1.54) is 0 Å². The van der Waals surface area contributed by atoms with Gasteiger partial charge in [-0.05, 0) is 0 Å². The first-order valence-corrected chi connectivity index (χ1v) is 3.69. The summed E-state index contributed by atoms with van der Waals surface area (Å²) in [6, 6.07) is 0. The van der Waals surface area contributed by atoms with Crippen molar-refractivity contribution >= 4 is 49.1 Å². The first-order valence-electron chi connectivity index (χ1n) is 1.23. The van der Waals surface area contributed by atoms with Crippen LogP contribution in [-0.4, -0.2) is 58.1 Å². The molecule has 4 N–H and O–H groups in total. The first kappa shape index (κ1) is 17.1. The van der Waals surface area contributed by atoms with Crippen molar-refractivity contribution in [3.05, 3.63) is 0 Å². The van der Waals surface area contributed by atoms with Crippen LogP contribution in [0.25, 0.3) is 0 Å². The Balaban J connectivity index is -0.0000000910. The molecule has 0 fully saturated rings. The summed E-state index contributed by atoms with van der Waals surface area (Å²) >= 11 is -2.61. The molecule has 0 heterocycles. The topological polar surface area (TPSA) is 132 Å². The fraction of sp³-hybridized carbons (Fsp3) is 0. The second kappa shape index (κ2) is 7.96. The van der Waals surface area contributed by atoms with E-state index in [4.69, 9.17) is 30.8 Å². The Hall–Kier alpha value is 0.862. The number of hydrogen-bond donors (Lipinski definition) is 4. The molecule has 10 heavy (non-hydrogen) atoms. The third-order valence-electron chi connectivity index (χ3n) is 0. The van der Waals surface area contributed by atoms with Crippen LogP contribution >= 0.6 is 0 Å². The van der Waals surface area contributed by atoms with Crippen LogP contribution < -0.4 is 0 Å². The van der Waals surface area contributed by atoms with E-state index >= 15 is 0 Å². The normalized spacial score (nSPS) is 9.30. The van der Waals surface area contributed by atoms with Gasteiger partial charge in [-0.1, -0.05) is 0 Å². The molecular formula is H6O7PbS2. The van der Waals surface area contributed by atoms with Crippen LogP contribution in [-0.2, 0) is 21.8 Å². The van der Waals surface area contributed by atoms with Gasteiger partial charge in [-0.3, -0.25) is 18.2 Å². The Morgan fingerprint density at radius 1 is 1.10 bits per heavy atom. The van der Waals surface area contributed by atoms with Crippen LogP contribution in [0.15, 0.2) is 0 Å². The van der Waals surface area contributed by atoms with E-state index in [1.54, 1.807) is 0 Å². The van der Waals surface area contributed by atoms with Gasteiger partial charge in [-0.2, -0.15) is 12.6 Å². The number of rotatable bonds is 0. The maximum absolute atomic E-state index is 8.74. The van der Waals surface area contributed by atoms with E-state index in [9.17, 15) is 0 Å². The van der Waals surface area contributed by atoms with Gasteiger partial charge in [0, 0.05) is 0 Å². The molecule has 0 unspecified atom stereocenters. The average Bonchev–Trinajstić information content (AvgIpc) is 1.19. The minimum atomic E-state index is -4.67. The van der Waals surface area contributed by atoms with E-state index in [0.717, 1.165) is 0 Å². The molecule has 0 aromatic heterocycles. The van der Waals surface area contributed by atoms with Crippen molar-refractivity contribution in [2.75, 3.05) is 0 Å². The molecule has 2 radical (unpaired) electrons. The van der Waals surface area contributed by atoms with Gasteiger partial charge < -0.3 is 0 Å². The quantitative estimate of drug-likeness (QED) is 0.216. The second-order valence-electron chi connectivity index (χ2n) is 0.679. The van der Waals surface area contributed by atoms with Crippen molar-refractivity contribution in [2.24, 2.45) is 0 Å². The van der Waals surface area contributed by atoms with Crippen molar-refractivity contribution < 1.29 is 30.8 Å². The van der Waals surface area contributed by atoms with Gasteiger partial charge in [0.05, 0.1) is 0 Å². The molecule has 0 bridgehead atoms. The van der Waals surface area contributed by atoms with Crippen LogP contribution in [0.4, 0.5) is 0 Å². The SMILES string of the molecule is O=S(=O)(O)O.O=S(O)O.[PbH2]. The standard InChI is InChI=1S/H2O4S.H2O3S.Pb.2H/c1-5(2,3)4;1-4(2)3;;;/h(H2,1,2,3,4);(H2,1,2,3);;;. The molecule has 0 atom stereocenters. The van der Waals surface area contributed by atoms with Crippen LogP contribution in [0.5, 0.6) is 0 Å². The molecule has 0 saturated heterocycles. The fourth-order valence-electron chi connectivity index (χ4n) is 0. The summed E-state index contributed by atoms with van der Waals surface area (Å²) in [5.41, 5.74) is 0. The Kier molecular flexibility index (Phi) is 13.6. The molecule has 0 aromatic rings. The monoisotopic (exact) mass is 390 g/mol. The van der Waals surface area contributed by atoms with Crippen LogP contribution in [0.2, 0.25) is 0 Å². The Labute approximate surface area is 79.7 Å². The second-order valence-corrected chi connectivity index (χ2v) is 2.04. The van der Waals surface area contributed by atoms with Crippen molar-refractivity contribution in [1.29, 1.82) is 0 Å². The molecular weight excluding hydrogens is 383 g/mol. The molecule has 0 aliphatic heterocycles. The Morgan fingerprint density at radius 3 is 1.10 bits per heavy atom. The molecule has 0 aliphatic rings. The van der Waals surface area contributed by atoms with E-state index < -0.39 is 21.8 Å². The van der Waals surface area contributed by atoms with E-state index in [2.05, 4.69) is 0 Å². The molecule has 0 aromatic carbocycles. The molecule has 7 nitrogen and oxygen atoms in total. The van der Waals surface area contributed by atoms with Crippen molar-refractivity contribution in [2.45, 2.75) is 0 Å². The van der Waals surface area contributed by atoms with Gasteiger partial charge in [0.2, 0.25) is 0 Å². The zero-order valence-electron chi connectivity index (χ0n) is 4.54. The summed E-state index contributed by atoms with van der Waals surface area (Å²) in [7, 11) is -4.67. The van der Waals surface area contributed by atoms with E-state index in [-0.39, 0.29) is 27.3 Å². The van der Waals surface area contributed by atoms with Crippen molar-refractivity contribution in [3.8, 4) is 0 Å². The Morgan fingerprint density at radius 2 is 1.10 bits per heavy atom. The predicted molar refractivity (Wildman–Crippen MR) is 36.1 cm³/mol. The first-order chi connectivity index (χ1) is 3.73. The molecule has 64 valence electrons. The molecule has 0 saturated carbocycles. The number of hydrogen-bond acceptors (Lipinski definition) is 3. The molecule has 0 aliphatic carbocycles. The van der Waals surface area contributed by atoms with Gasteiger partial charge in [-0.15, -0.1) is 0 Å². The van der Waals surface area contributed by atoms with E-state index in [0.29, 0.717) is 0 Å².